The number of benzene rings is 2. The van der Waals surface area contributed by atoms with E-state index in [1.165, 1.54) is 33.7 Å². The fourth-order valence-electron chi connectivity index (χ4n) is 5.64. The second kappa shape index (κ2) is 10.2. The van der Waals surface area contributed by atoms with Crippen molar-refractivity contribution in [3.63, 3.8) is 0 Å². The third-order valence-electron chi connectivity index (χ3n) is 7.55. The van der Waals surface area contributed by atoms with Crippen LogP contribution in [0, 0.1) is 13.5 Å². The van der Waals surface area contributed by atoms with Crippen LogP contribution in [-0.4, -0.2) is 59.5 Å². The largest absolute Gasteiger partial charge is 0.365 e. The molecule has 5 rings (SSSR count). The van der Waals surface area contributed by atoms with Crippen LogP contribution < -0.4 is 9.80 Å². The molecule has 2 aromatic carbocycles. The van der Waals surface area contributed by atoms with Gasteiger partial charge in [0.05, 0.1) is 12.2 Å². The molecule has 2 aliphatic heterocycles. The maximum absolute atomic E-state index is 12.4. The molecule has 2 aliphatic rings. The van der Waals surface area contributed by atoms with Gasteiger partial charge in [-0.2, -0.15) is 0 Å². The van der Waals surface area contributed by atoms with Gasteiger partial charge < -0.3 is 19.5 Å². The van der Waals surface area contributed by atoms with Crippen LogP contribution in [0.15, 0.2) is 49.1 Å². The molecule has 1 saturated heterocycles. The number of piperazine rings is 1. The number of hydrogen-bond donors (Lipinski definition) is 0. The van der Waals surface area contributed by atoms with Crippen LogP contribution in [-0.2, 0) is 17.8 Å². The van der Waals surface area contributed by atoms with Gasteiger partial charge in [-0.25, -0.2) is 16.5 Å². The Morgan fingerprint density at radius 1 is 1.16 bits per heavy atom. The van der Waals surface area contributed by atoms with E-state index in [2.05, 4.69) is 78.4 Å². The maximum atomic E-state index is 12.4. The van der Waals surface area contributed by atoms with Crippen LogP contribution in [0.3, 0.4) is 0 Å². The summed E-state index contributed by atoms with van der Waals surface area (Å²) in [6.07, 6.45) is 2.20. The van der Waals surface area contributed by atoms with Crippen molar-refractivity contribution in [3.05, 3.63) is 83.1 Å². The molecule has 7 nitrogen and oxygen atoms in total. The molecular weight excluding hydrogens is 460 g/mol. The first-order valence-electron chi connectivity index (χ1n) is 13.1. The average molecular weight is 495 g/mol. The first kappa shape index (κ1) is 24.8. The molecule has 0 spiro atoms. The highest BCUT2D eigenvalue weighted by molar-refractivity contribution is 5.97. The van der Waals surface area contributed by atoms with Gasteiger partial charge in [0, 0.05) is 48.7 Å². The van der Waals surface area contributed by atoms with E-state index in [-0.39, 0.29) is 24.4 Å². The third-order valence-corrected chi connectivity index (χ3v) is 7.55. The van der Waals surface area contributed by atoms with Gasteiger partial charge in [-0.3, -0.25) is 4.79 Å². The number of anilines is 2. The van der Waals surface area contributed by atoms with Crippen molar-refractivity contribution in [2.45, 2.75) is 45.7 Å². The van der Waals surface area contributed by atoms with E-state index >= 15 is 0 Å². The summed E-state index contributed by atoms with van der Waals surface area (Å²) in [6.45, 7) is 21.2. The summed E-state index contributed by atoms with van der Waals surface area (Å²) in [5, 5.41) is 2.56. The topological polar surface area (TPSA) is 56.9 Å². The fourth-order valence-corrected chi connectivity index (χ4v) is 5.64. The van der Waals surface area contributed by atoms with Crippen LogP contribution in [0.1, 0.15) is 42.4 Å². The summed E-state index contributed by atoms with van der Waals surface area (Å²) in [6, 6.07) is 12.8. The maximum Gasteiger partial charge on any atom is 0.246 e. The first-order valence-corrected chi connectivity index (χ1v) is 13.1. The molecule has 0 aliphatic carbocycles. The number of carbonyl (C=O) groups excluding carboxylic acids is 1. The van der Waals surface area contributed by atoms with Gasteiger partial charge in [-0.15, -0.1) is 0 Å². The molecule has 3 heterocycles. The lowest BCUT2D eigenvalue weighted by Crippen LogP contribution is -2.56. The lowest BCUT2D eigenvalue weighted by Gasteiger charge is -2.41. The smallest absolute Gasteiger partial charge is 0.246 e. The fraction of sp³-hybridized carbons (Fsp3) is 0.400. The van der Waals surface area contributed by atoms with Crippen molar-refractivity contribution in [2.24, 2.45) is 0 Å². The van der Waals surface area contributed by atoms with E-state index in [1.807, 2.05) is 0 Å². The van der Waals surface area contributed by atoms with E-state index in [0.29, 0.717) is 19.6 Å². The van der Waals surface area contributed by atoms with Crippen molar-refractivity contribution in [1.29, 1.82) is 0 Å². The van der Waals surface area contributed by atoms with Crippen LogP contribution in [0.4, 0.5) is 11.5 Å². The molecule has 37 heavy (non-hydrogen) atoms. The van der Waals surface area contributed by atoms with E-state index in [1.54, 1.807) is 4.90 Å². The highest BCUT2D eigenvalue weighted by Crippen LogP contribution is 2.35. The normalized spacial score (nSPS) is 17.6. The summed E-state index contributed by atoms with van der Waals surface area (Å²) in [7, 11) is 0. The molecule has 1 fully saturated rings. The van der Waals surface area contributed by atoms with Gasteiger partial charge >= 0.3 is 0 Å². The van der Waals surface area contributed by atoms with Gasteiger partial charge in [0.15, 0.2) is 0 Å². The molecule has 190 valence electrons. The van der Waals surface area contributed by atoms with Crippen molar-refractivity contribution in [3.8, 4) is 0 Å². The Balaban J connectivity index is 1.51. The van der Waals surface area contributed by atoms with Crippen molar-refractivity contribution < 1.29 is 4.79 Å². The number of aryl methyl sites for hydroxylation is 1. The van der Waals surface area contributed by atoms with Crippen LogP contribution >= 0.6 is 0 Å². The van der Waals surface area contributed by atoms with Gasteiger partial charge in [0.2, 0.25) is 12.5 Å². The predicted molar refractivity (Wildman–Crippen MR) is 149 cm³/mol. The van der Waals surface area contributed by atoms with Crippen molar-refractivity contribution in [1.82, 2.24) is 14.9 Å². The summed E-state index contributed by atoms with van der Waals surface area (Å²) in [5.74, 6) is 1.91. The SMILES string of the molecule is [C-]#[N+]CC1CN(c2nc(C(C)C)nc3c2CCN(c2cccc4cccc(C)c24)C3)CCN1C(=O)C=C. The minimum atomic E-state index is -0.177. The Bertz CT molecular complexity index is 1390. The predicted octanol–water partition coefficient (Wildman–Crippen LogP) is 4.75. The van der Waals surface area contributed by atoms with Crippen molar-refractivity contribution >= 4 is 28.2 Å². The number of amides is 1. The number of carbonyl (C=O) groups is 1. The molecule has 0 N–H and O–H groups in total. The molecule has 1 unspecified atom stereocenters. The quantitative estimate of drug-likeness (QED) is 0.379. The summed E-state index contributed by atoms with van der Waals surface area (Å²) in [5.41, 5.74) is 4.81. The number of rotatable bonds is 5. The Hall–Kier alpha value is -3.92. The number of nitrogens with zero attached hydrogens (tertiary/aromatic N) is 6. The molecule has 7 heteroatoms. The number of hydrogen-bond acceptors (Lipinski definition) is 5. The molecular formula is C30H34N6O. The Kier molecular flexibility index (Phi) is 6.84. The molecule has 1 aromatic heterocycles. The zero-order chi connectivity index (χ0) is 26.1. The second-order valence-corrected chi connectivity index (χ2v) is 10.3. The van der Waals surface area contributed by atoms with Crippen LogP contribution in [0.2, 0.25) is 0 Å². The first-order chi connectivity index (χ1) is 17.9. The van der Waals surface area contributed by atoms with E-state index in [0.717, 1.165) is 36.8 Å². The standard InChI is InChI=1S/C30H34N6O/c1-6-27(37)36-16-15-35(18-23(36)17-31-5)30-24-13-14-34(19-25(24)32-29(33-30)20(2)3)26-12-8-11-22-10-7-9-21(4)28(22)26/h6-12,20,23H,1,13-19H2,2-4H3. The van der Waals surface area contributed by atoms with Crippen LogP contribution in [0.5, 0.6) is 0 Å². The molecule has 0 bridgehead atoms. The molecule has 0 saturated carbocycles. The number of aromatic nitrogens is 2. The minimum Gasteiger partial charge on any atom is -0.365 e. The van der Waals surface area contributed by atoms with E-state index < -0.39 is 0 Å². The van der Waals surface area contributed by atoms with Gasteiger partial charge in [0.25, 0.3) is 0 Å². The minimum absolute atomic E-state index is 0.109. The van der Waals surface area contributed by atoms with E-state index in [9.17, 15) is 4.79 Å². The molecule has 1 amide bonds. The zero-order valence-corrected chi connectivity index (χ0v) is 21.9. The van der Waals surface area contributed by atoms with Gasteiger partial charge in [-0.05, 0) is 36.4 Å². The highest BCUT2D eigenvalue weighted by Gasteiger charge is 2.34. The monoisotopic (exact) mass is 494 g/mol. The lowest BCUT2D eigenvalue weighted by molar-refractivity contribution is -0.128. The average Bonchev–Trinajstić information content (AvgIpc) is 2.91. The van der Waals surface area contributed by atoms with Crippen molar-refractivity contribution in [2.75, 3.05) is 42.5 Å². The number of fused-ring (bicyclic) bond motifs is 2. The van der Waals surface area contributed by atoms with Gasteiger partial charge in [-0.1, -0.05) is 50.8 Å². The lowest BCUT2D eigenvalue weighted by atomic mass is 9.99. The summed E-state index contributed by atoms with van der Waals surface area (Å²) in [4.78, 5) is 32.6. The Morgan fingerprint density at radius 2 is 1.95 bits per heavy atom. The zero-order valence-electron chi connectivity index (χ0n) is 21.9. The summed E-state index contributed by atoms with van der Waals surface area (Å²) < 4.78 is 0. The summed E-state index contributed by atoms with van der Waals surface area (Å²) >= 11 is 0. The van der Waals surface area contributed by atoms with Crippen LogP contribution in [0.25, 0.3) is 15.6 Å². The highest BCUT2D eigenvalue weighted by atomic mass is 16.2. The van der Waals surface area contributed by atoms with Gasteiger partial charge in [0.1, 0.15) is 17.7 Å². The third kappa shape index (κ3) is 4.64. The molecule has 0 radical (unpaired) electrons. The Morgan fingerprint density at radius 3 is 2.68 bits per heavy atom. The second-order valence-electron chi connectivity index (χ2n) is 10.3. The molecule has 1 atom stereocenters. The Labute approximate surface area is 219 Å². The van der Waals surface area contributed by atoms with E-state index in [4.69, 9.17) is 16.5 Å². The molecule has 3 aromatic rings.